The number of rotatable bonds is 6. The molecule has 2 amide bonds. The van der Waals surface area contributed by atoms with Crippen LogP contribution in [-0.4, -0.2) is 23.7 Å². The van der Waals surface area contributed by atoms with E-state index in [0.29, 0.717) is 17.8 Å². The molecule has 1 aromatic carbocycles. The van der Waals surface area contributed by atoms with Crippen LogP contribution in [0, 0.1) is 5.41 Å². The average Bonchev–Trinajstić information content (AvgIpc) is 2.38. The van der Waals surface area contributed by atoms with Gasteiger partial charge in [0.2, 0.25) is 0 Å². The summed E-state index contributed by atoms with van der Waals surface area (Å²) in [5.74, 6) is -0.870. The van der Waals surface area contributed by atoms with E-state index in [-0.39, 0.29) is 17.9 Å². The predicted octanol–water partition coefficient (Wildman–Crippen LogP) is 2.87. The third-order valence-electron chi connectivity index (χ3n) is 3.25. The number of hydrogen-bond donors (Lipinski definition) is 3. The van der Waals surface area contributed by atoms with E-state index in [9.17, 15) is 9.59 Å². The topological polar surface area (TPSA) is 78.4 Å². The normalized spacial score (nSPS) is 10.9. The first-order valence-corrected chi connectivity index (χ1v) is 6.68. The molecule has 20 heavy (non-hydrogen) atoms. The van der Waals surface area contributed by atoms with Crippen LogP contribution in [0.4, 0.5) is 10.5 Å². The molecule has 110 valence electrons. The number of benzene rings is 1. The lowest BCUT2D eigenvalue weighted by Crippen LogP contribution is -2.36. The zero-order valence-corrected chi connectivity index (χ0v) is 12.2. The number of aliphatic carboxylic acids is 1. The maximum Gasteiger partial charge on any atom is 0.319 e. The fourth-order valence-electron chi connectivity index (χ4n) is 1.50. The van der Waals surface area contributed by atoms with E-state index < -0.39 is 5.97 Å². The van der Waals surface area contributed by atoms with Gasteiger partial charge in [-0.1, -0.05) is 32.9 Å². The van der Waals surface area contributed by atoms with E-state index in [1.54, 1.807) is 24.3 Å². The molecular formula is C15H22N2O3. The summed E-state index contributed by atoms with van der Waals surface area (Å²) in [6, 6.07) is 6.53. The molecule has 0 heterocycles. The van der Waals surface area contributed by atoms with Gasteiger partial charge in [0.05, 0.1) is 6.42 Å². The average molecular weight is 278 g/mol. The first-order chi connectivity index (χ1) is 9.32. The molecule has 0 aliphatic heterocycles. The van der Waals surface area contributed by atoms with E-state index in [4.69, 9.17) is 5.11 Å². The summed E-state index contributed by atoms with van der Waals surface area (Å²) >= 11 is 0. The SMILES string of the molecule is CCC(C)(C)CNC(=O)Nc1ccc(CC(=O)O)cc1. The fourth-order valence-corrected chi connectivity index (χ4v) is 1.50. The lowest BCUT2D eigenvalue weighted by molar-refractivity contribution is -0.136. The second-order valence-corrected chi connectivity index (χ2v) is 5.59. The zero-order chi connectivity index (χ0) is 15.2. The molecule has 0 saturated heterocycles. The molecule has 1 rings (SSSR count). The number of carboxylic acid groups (broad SMARTS) is 1. The van der Waals surface area contributed by atoms with Crippen LogP contribution in [-0.2, 0) is 11.2 Å². The molecule has 0 aliphatic rings. The maximum atomic E-state index is 11.7. The van der Waals surface area contributed by atoms with Gasteiger partial charge in [-0.25, -0.2) is 4.79 Å². The number of urea groups is 1. The molecule has 0 aliphatic carbocycles. The smallest absolute Gasteiger partial charge is 0.319 e. The molecule has 0 atom stereocenters. The summed E-state index contributed by atoms with van der Waals surface area (Å²) in [7, 11) is 0. The van der Waals surface area contributed by atoms with Gasteiger partial charge >= 0.3 is 12.0 Å². The minimum Gasteiger partial charge on any atom is -0.481 e. The van der Waals surface area contributed by atoms with Crippen molar-refractivity contribution in [2.45, 2.75) is 33.6 Å². The Morgan fingerprint density at radius 2 is 1.80 bits per heavy atom. The fraction of sp³-hybridized carbons (Fsp3) is 0.467. The summed E-state index contributed by atoms with van der Waals surface area (Å²) in [4.78, 5) is 22.3. The Morgan fingerprint density at radius 3 is 2.30 bits per heavy atom. The summed E-state index contributed by atoms with van der Waals surface area (Å²) in [5, 5.41) is 14.2. The zero-order valence-electron chi connectivity index (χ0n) is 12.2. The van der Waals surface area contributed by atoms with Crippen molar-refractivity contribution in [3.05, 3.63) is 29.8 Å². The molecule has 5 heteroatoms. The highest BCUT2D eigenvalue weighted by Gasteiger charge is 2.15. The van der Waals surface area contributed by atoms with Gasteiger partial charge in [-0.2, -0.15) is 0 Å². The van der Waals surface area contributed by atoms with Crippen molar-refractivity contribution in [1.82, 2.24) is 5.32 Å². The van der Waals surface area contributed by atoms with Crippen LogP contribution in [0.3, 0.4) is 0 Å². The Bertz CT molecular complexity index is 467. The van der Waals surface area contributed by atoms with Crippen molar-refractivity contribution in [2.24, 2.45) is 5.41 Å². The Labute approximate surface area is 119 Å². The minimum absolute atomic E-state index is 0.0167. The molecule has 5 nitrogen and oxygen atoms in total. The van der Waals surface area contributed by atoms with Gasteiger partial charge in [0.15, 0.2) is 0 Å². The third kappa shape index (κ3) is 5.73. The van der Waals surface area contributed by atoms with E-state index >= 15 is 0 Å². The van der Waals surface area contributed by atoms with Crippen molar-refractivity contribution in [3.63, 3.8) is 0 Å². The number of carboxylic acids is 1. The highest BCUT2D eigenvalue weighted by atomic mass is 16.4. The molecule has 0 aromatic heterocycles. The summed E-state index contributed by atoms with van der Waals surface area (Å²) in [6.45, 7) is 6.87. The molecule has 0 fully saturated rings. The highest BCUT2D eigenvalue weighted by Crippen LogP contribution is 2.17. The van der Waals surface area contributed by atoms with E-state index in [1.807, 2.05) is 0 Å². The molecule has 0 spiro atoms. The quantitative estimate of drug-likeness (QED) is 0.748. The number of carbonyl (C=O) groups is 2. The number of hydrogen-bond acceptors (Lipinski definition) is 2. The van der Waals surface area contributed by atoms with Crippen LogP contribution >= 0.6 is 0 Å². The van der Waals surface area contributed by atoms with Crippen LogP contribution < -0.4 is 10.6 Å². The summed E-state index contributed by atoms with van der Waals surface area (Å²) in [6.07, 6.45) is 0.967. The Morgan fingerprint density at radius 1 is 1.20 bits per heavy atom. The van der Waals surface area contributed by atoms with Crippen molar-refractivity contribution < 1.29 is 14.7 Å². The van der Waals surface area contributed by atoms with Gasteiger partial charge in [-0.15, -0.1) is 0 Å². The number of anilines is 1. The van der Waals surface area contributed by atoms with E-state index in [1.165, 1.54) is 0 Å². The van der Waals surface area contributed by atoms with Gasteiger partial charge in [0.1, 0.15) is 0 Å². The second kappa shape index (κ2) is 6.93. The van der Waals surface area contributed by atoms with Gasteiger partial charge in [-0.05, 0) is 29.5 Å². The monoisotopic (exact) mass is 278 g/mol. The Hall–Kier alpha value is -2.04. The molecule has 0 radical (unpaired) electrons. The van der Waals surface area contributed by atoms with Crippen LogP contribution in [0.2, 0.25) is 0 Å². The minimum atomic E-state index is -0.870. The largest absolute Gasteiger partial charge is 0.481 e. The van der Waals surface area contributed by atoms with Crippen LogP contribution in [0.5, 0.6) is 0 Å². The Kier molecular flexibility index (Phi) is 5.55. The number of nitrogens with one attached hydrogen (secondary N) is 2. The van der Waals surface area contributed by atoms with Gasteiger partial charge in [0, 0.05) is 12.2 Å². The Balaban J connectivity index is 2.48. The second-order valence-electron chi connectivity index (χ2n) is 5.59. The van der Waals surface area contributed by atoms with Crippen molar-refractivity contribution in [3.8, 4) is 0 Å². The molecular weight excluding hydrogens is 256 g/mol. The number of carbonyl (C=O) groups excluding carboxylic acids is 1. The van der Waals surface area contributed by atoms with Crippen LogP contribution in [0.15, 0.2) is 24.3 Å². The molecule has 0 saturated carbocycles. The number of amides is 2. The van der Waals surface area contributed by atoms with E-state index in [0.717, 1.165) is 6.42 Å². The van der Waals surface area contributed by atoms with Crippen molar-refractivity contribution >= 4 is 17.7 Å². The molecule has 0 bridgehead atoms. The highest BCUT2D eigenvalue weighted by molar-refractivity contribution is 5.89. The van der Waals surface area contributed by atoms with Crippen molar-refractivity contribution in [1.29, 1.82) is 0 Å². The standard InChI is InChI=1S/C15H22N2O3/c1-4-15(2,3)10-16-14(20)17-12-7-5-11(6-8-12)9-13(18)19/h5-8H,4,9-10H2,1-3H3,(H,18,19)(H2,16,17,20). The van der Waals surface area contributed by atoms with Crippen LogP contribution in [0.25, 0.3) is 0 Å². The maximum absolute atomic E-state index is 11.7. The van der Waals surface area contributed by atoms with Crippen LogP contribution in [0.1, 0.15) is 32.8 Å². The summed E-state index contributed by atoms with van der Waals surface area (Å²) in [5.41, 5.74) is 1.42. The molecule has 1 aromatic rings. The first-order valence-electron chi connectivity index (χ1n) is 6.68. The third-order valence-corrected chi connectivity index (χ3v) is 3.25. The van der Waals surface area contributed by atoms with Gasteiger partial charge in [0.25, 0.3) is 0 Å². The van der Waals surface area contributed by atoms with Gasteiger partial charge < -0.3 is 15.7 Å². The summed E-state index contributed by atoms with van der Waals surface area (Å²) < 4.78 is 0. The lowest BCUT2D eigenvalue weighted by Gasteiger charge is -2.22. The lowest BCUT2D eigenvalue weighted by atomic mass is 9.90. The van der Waals surface area contributed by atoms with Crippen molar-refractivity contribution in [2.75, 3.05) is 11.9 Å². The first kappa shape index (κ1) is 16.0. The molecule has 0 unspecified atom stereocenters. The van der Waals surface area contributed by atoms with E-state index in [2.05, 4.69) is 31.4 Å². The van der Waals surface area contributed by atoms with Gasteiger partial charge in [-0.3, -0.25) is 4.79 Å². The molecule has 3 N–H and O–H groups in total. The predicted molar refractivity (Wildman–Crippen MR) is 78.9 cm³/mol.